The number of carbonyl (C=O) groups is 2. The maximum Gasteiger partial charge on any atom is 0.416 e. The number of anilines is 2. The highest BCUT2D eigenvalue weighted by atomic mass is 19.4. The topological polar surface area (TPSA) is 99.1 Å². The number of aromatic nitrogens is 2. The Hall–Kier alpha value is -3.62. The summed E-state index contributed by atoms with van der Waals surface area (Å²) in [5.74, 6) is -0.815. The number of ether oxygens (including phenoxy) is 1. The Balaban J connectivity index is 1.45. The molecule has 50 heavy (non-hydrogen) atoms. The van der Waals surface area contributed by atoms with E-state index in [1.54, 1.807) is 17.3 Å². The van der Waals surface area contributed by atoms with Crippen molar-refractivity contribution < 1.29 is 45.8 Å². The zero-order valence-corrected chi connectivity index (χ0v) is 28.3. The molecule has 1 amide bonds. The summed E-state index contributed by atoms with van der Waals surface area (Å²) in [5.41, 5.74) is -2.22. The van der Waals surface area contributed by atoms with E-state index < -0.39 is 35.5 Å². The smallest absolute Gasteiger partial charge is 0.416 e. The monoisotopic (exact) mass is 713 g/mol. The second kappa shape index (κ2) is 15.7. The molecule has 3 aliphatic rings. The van der Waals surface area contributed by atoms with E-state index in [9.17, 15) is 41.0 Å². The largest absolute Gasteiger partial charge is 0.481 e. The molecule has 15 heteroatoms. The van der Waals surface area contributed by atoms with Gasteiger partial charge in [0.25, 0.3) is 0 Å². The van der Waals surface area contributed by atoms with Gasteiger partial charge in [0.2, 0.25) is 11.9 Å². The fourth-order valence-corrected chi connectivity index (χ4v) is 7.78. The van der Waals surface area contributed by atoms with Gasteiger partial charge < -0.3 is 24.5 Å². The number of carbonyl (C=O) groups excluding carboxylic acids is 1. The average Bonchev–Trinajstić information content (AvgIpc) is 3.09. The molecule has 0 spiro atoms. The van der Waals surface area contributed by atoms with E-state index in [-0.39, 0.29) is 60.4 Å². The van der Waals surface area contributed by atoms with Crippen LogP contribution in [0.3, 0.4) is 0 Å². The van der Waals surface area contributed by atoms with Crippen molar-refractivity contribution in [1.29, 1.82) is 0 Å². The van der Waals surface area contributed by atoms with Gasteiger partial charge in [0, 0.05) is 50.1 Å². The van der Waals surface area contributed by atoms with Gasteiger partial charge in [-0.05, 0) is 81.0 Å². The van der Waals surface area contributed by atoms with Crippen LogP contribution in [0.25, 0.3) is 0 Å². The molecule has 9 nitrogen and oxygen atoms in total. The van der Waals surface area contributed by atoms with Crippen molar-refractivity contribution in [1.82, 2.24) is 14.9 Å². The van der Waals surface area contributed by atoms with Crippen molar-refractivity contribution in [3.8, 4) is 0 Å². The average molecular weight is 714 g/mol. The number of benzene rings is 1. The van der Waals surface area contributed by atoms with Crippen molar-refractivity contribution in [2.45, 2.75) is 109 Å². The van der Waals surface area contributed by atoms with Crippen LogP contribution < -0.4 is 9.80 Å². The first-order valence-corrected chi connectivity index (χ1v) is 17.4. The number of hydrogen-bond acceptors (Lipinski definition) is 7. The van der Waals surface area contributed by atoms with E-state index in [0.717, 1.165) is 17.8 Å². The molecule has 1 saturated carbocycles. The number of hydrogen-bond donors (Lipinski definition) is 1. The number of nitrogens with zero attached hydrogens (tertiary/aromatic N) is 5. The first-order chi connectivity index (χ1) is 23.7. The molecule has 1 aromatic carbocycles. The number of amides is 1. The van der Waals surface area contributed by atoms with Crippen molar-refractivity contribution in [3.63, 3.8) is 0 Å². The van der Waals surface area contributed by atoms with Crippen LogP contribution in [0.4, 0.5) is 38.0 Å². The van der Waals surface area contributed by atoms with Gasteiger partial charge in [-0.3, -0.25) is 9.59 Å². The zero-order valence-electron chi connectivity index (χ0n) is 28.3. The minimum atomic E-state index is -4.99. The Kier molecular flexibility index (Phi) is 11.8. The fraction of sp³-hybridized carbons (Fsp3) is 0.657. The van der Waals surface area contributed by atoms with E-state index in [0.29, 0.717) is 77.7 Å². The molecule has 1 unspecified atom stereocenters. The number of alkyl halides is 6. The molecule has 2 aromatic rings. The maximum absolute atomic E-state index is 14.1. The second-order valence-electron chi connectivity index (χ2n) is 13.7. The van der Waals surface area contributed by atoms with Gasteiger partial charge in [-0.1, -0.05) is 13.8 Å². The van der Waals surface area contributed by atoms with Gasteiger partial charge in [-0.25, -0.2) is 9.97 Å². The third-order valence-electron chi connectivity index (χ3n) is 10.4. The predicted octanol–water partition coefficient (Wildman–Crippen LogP) is 7.19. The molecular weight excluding hydrogens is 668 g/mol. The van der Waals surface area contributed by atoms with E-state index in [4.69, 9.17) is 4.74 Å². The third kappa shape index (κ3) is 8.99. The van der Waals surface area contributed by atoms with Gasteiger partial charge in [0.1, 0.15) is 0 Å². The zero-order chi connectivity index (χ0) is 36.2. The van der Waals surface area contributed by atoms with E-state index in [1.165, 1.54) is 0 Å². The lowest BCUT2D eigenvalue weighted by Gasteiger charge is -2.49. The van der Waals surface area contributed by atoms with Crippen LogP contribution in [-0.4, -0.2) is 76.3 Å². The summed E-state index contributed by atoms with van der Waals surface area (Å²) in [6.07, 6.45) is -2.09. The van der Waals surface area contributed by atoms with Gasteiger partial charge >= 0.3 is 18.3 Å². The van der Waals surface area contributed by atoms with Gasteiger partial charge in [-0.2, -0.15) is 26.3 Å². The minimum Gasteiger partial charge on any atom is -0.481 e. The lowest BCUT2D eigenvalue weighted by molar-refractivity contribution is -0.145. The summed E-state index contributed by atoms with van der Waals surface area (Å²) >= 11 is 0. The minimum absolute atomic E-state index is 0.0290. The SMILES string of the molecule is CC[C@@H]1CC(N(Cc2cc(C(F)(F)F)cc(C(F)(F)F)c2)c2ncc(N3CCOCC3)cn2)C[C@H](CC)N1C(=O)[C@H]1CC[C@H](CC(=O)O)CC1. The predicted molar refractivity (Wildman–Crippen MR) is 173 cm³/mol. The summed E-state index contributed by atoms with van der Waals surface area (Å²) in [6, 6.07) is 0.770. The lowest BCUT2D eigenvalue weighted by Crippen LogP contribution is -2.58. The van der Waals surface area contributed by atoms with Crippen LogP contribution in [0, 0.1) is 11.8 Å². The third-order valence-corrected chi connectivity index (χ3v) is 10.4. The van der Waals surface area contributed by atoms with E-state index in [1.807, 2.05) is 23.6 Å². The Labute approximate surface area is 288 Å². The summed E-state index contributed by atoms with van der Waals surface area (Å²) in [7, 11) is 0. The highest BCUT2D eigenvalue weighted by molar-refractivity contribution is 5.80. The van der Waals surface area contributed by atoms with Crippen molar-refractivity contribution >= 4 is 23.5 Å². The number of morpholine rings is 1. The normalized spacial score (nSPS) is 25.0. The van der Waals surface area contributed by atoms with E-state index in [2.05, 4.69) is 9.97 Å². The molecular formula is C35H45F6N5O4. The number of halogens is 6. The van der Waals surface area contributed by atoms with Crippen LogP contribution in [0.5, 0.6) is 0 Å². The Morgan fingerprint density at radius 3 is 1.90 bits per heavy atom. The van der Waals surface area contributed by atoms with Crippen LogP contribution in [0.2, 0.25) is 0 Å². The highest BCUT2D eigenvalue weighted by Crippen LogP contribution is 2.40. The Morgan fingerprint density at radius 2 is 1.42 bits per heavy atom. The molecule has 1 N–H and O–H groups in total. The Morgan fingerprint density at radius 1 is 0.880 bits per heavy atom. The molecule has 3 fully saturated rings. The summed E-state index contributed by atoms with van der Waals surface area (Å²) in [6.45, 7) is 5.94. The molecule has 2 saturated heterocycles. The number of rotatable bonds is 10. The summed E-state index contributed by atoms with van der Waals surface area (Å²) < 4.78 is 88.4. The Bertz CT molecular complexity index is 1410. The second-order valence-corrected chi connectivity index (χ2v) is 13.7. The van der Waals surface area contributed by atoms with Crippen molar-refractivity contribution in [2.75, 3.05) is 36.1 Å². The standard InChI is InChI=1S/C35H45F6N5O4/c1-3-27-17-29(18-28(4-2)46(27)32(49)24-7-5-22(6-8-24)15-31(47)48)45(33-42-19-30(20-43-33)44-9-11-50-12-10-44)21-23-13-25(34(36,37)38)16-26(14-23)35(39,40)41/h13-14,16,19-20,22,24,27-29H,3-12,15,17-18,21H2,1-2H3,(H,47,48)/t22-,24-,27-,28+,29?. The van der Waals surface area contributed by atoms with Gasteiger partial charge in [0.05, 0.1) is 42.4 Å². The highest BCUT2D eigenvalue weighted by Gasteiger charge is 2.43. The molecule has 5 rings (SSSR count). The summed E-state index contributed by atoms with van der Waals surface area (Å²) in [5, 5.41) is 9.20. The first-order valence-electron chi connectivity index (χ1n) is 17.4. The molecule has 3 atom stereocenters. The van der Waals surface area contributed by atoms with Gasteiger partial charge in [-0.15, -0.1) is 0 Å². The maximum atomic E-state index is 14.1. The van der Waals surface area contributed by atoms with E-state index >= 15 is 0 Å². The van der Waals surface area contributed by atoms with Gasteiger partial charge in [0.15, 0.2) is 0 Å². The molecule has 0 bridgehead atoms. The first kappa shape index (κ1) is 37.6. The molecule has 3 heterocycles. The van der Waals surface area contributed by atoms with Crippen molar-refractivity contribution in [3.05, 3.63) is 47.3 Å². The van der Waals surface area contributed by atoms with Crippen molar-refractivity contribution in [2.24, 2.45) is 11.8 Å². The number of piperidine rings is 1. The van der Waals surface area contributed by atoms with Crippen LogP contribution in [0.1, 0.15) is 88.3 Å². The van der Waals surface area contributed by atoms with Crippen LogP contribution >= 0.6 is 0 Å². The molecule has 2 aliphatic heterocycles. The number of carboxylic acids is 1. The summed E-state index contributed by atoms with van der Waals surface area (Å²) in [4.78, 5) is 40.1. The fourth-order valence-electron chi connectivity index (χ4n) is 7.78. The molecule has 1 aromatic heterocycles. The van der Waals surface area contributed by atoms with Crippen LogP contribution in [0.15, 0.2) is 30.6 Å². The molecule has 0 radical (unpaired) electrons. The lowest BCUT2D eigenvalue weighted by atomic mass is 9.78. The molecule has 276 valence electrons. The molecule has 1 aliphatic carbocycles. The number of carboxylic acid groups (broad SMARTS) is 1. The van der Waals surface area contributed by atoms with Crippen LogP contribution in [-0.2, 0) is 33.2 Å². The number of aliphatic carboxylic acids is 1. The quantitative estimate of drug-likeness (QED) is 0.259. The number of likely N-dealkylation sites (tertiary alicyclic amines) is 1.